The van der Waals surface area contributed by atoms with E-state index in [9.17, 15) is 17.6 Å². The number of carbonyl (C=O) groups excluding carboxylic acids is 1. The number of amides is 1. The number of benzene rings is 3. The van der Waals surface area contributed by atoms with Gasteiger partial charge in [0.2, 0.25) is 0 Å². The van der Waals surface area contributed by atoms with Crippen molar-refractivity contribution in [2.75, 3.05) is 23.3 Å². The first kappa shape index (κ1) is 21.1. The number of hydrogen-bond donors (Lipinski definition) is 1. The van der Waals surface area contributed by atoms with Gasteiger partial charge in [0.25, 0.3) is 15.9 Å². The highest BCUT2D eigenvalue weighted by molar-refractivity contribution is 7.93. The Morgan fingerprint density at radius 1 is 1.13 bits per heavy atom. The zero-order valence-corrected chi connectivity index (χ0v) is 18.0. The molecular formula is C22H18ClFN2O4S. The van der Waals surface area contributed by atoms with Crippen LogP contribution in [0.25, 0.3) is 0 Å². The summed E-state index contributed by atoms with van der Waals surface area (Å²) in [4.78, 5) is 12.6. The first-order chi connectivity index (χ1) is 14.8. The first-order valence-corrected chi connectivity index (χ1v) is 11.2. The molecule has 1 aliphatic heterocycles. The van der Waals surface area contributed by atoms with E-state index in [1.165, 1.54) is 47.8 Å². The Morgan fingerprint density at radius 2 is 1.94 bits per heavy atom. The highest BCUT2D eigenvalue weighted by atomic mass is 35.5. The number of halogens is 2. The van der Waals surface area contributed by atoms with Gasteiger partial charge in [-0.2, -0.15) is 0 Å². The zero-order valence-electron chi connectivity index (χ0n) is 16.4. The summed E-state index contributed by atoms with van der Waals surface area (Å²) in [5.74, 6) is -0.768. The lowest BCUT2D eigenvalue weighted by Gasteiger charge is -2.21. The maximum Gasteiger partial charge on any atom is 0.268 e. The fourth-order valence-electron chi connectivity index (χ4n) is 3.48. The SMILES string of the molecule is COc1ccc(Cl)cc1S(=O)(=O)N1CCc2ccc(C(=O)Nc3cccc(F)c3)cc21. The molecule has 0 atom stereocenters. The van der Waals surface area contributed by atoms with E-state index < -0.39 is 21.7 Å². The van der Waals surface area contributed by atoms with Crippen LogP contribution in [0.2, 0.25) is 5.02 Å². The van der Waals surface area contributed by atoms with Crippen molar-refractivity contribution in [1.29, 1.82) is 0 Å². The van der Waals surface area contributed by atoms with Gasteiger partial charge in [-0.25, -0.2) is 12.8 Å². The summed E-state index contributed by atoms with van der Waals surface area (Å²) in [6, 6.07) is 14.8. The van der Waals surface area contributed by atoms with Gasteiger partial charge in [-0.1, -0.05) is 23.7 Å². The molecule has 3 aromatic carbocycles. The Kier molecular flexibility index (Phi) is 5.60. The second kappa shape index (κ2) is 8.20. The molecule has 0 aliphatic carbocycles. The first-order valence-electron chi connectivity index (χ1n) is 9.36. The number of rotatable bonds is 5. The van der Waals surface area contributed by atoms with Crippen LogP contribution in [-0.4, -0.2) is 28.0 Å². The number of sulfonamides is 1. The lowest BCUT2D eigenvalue weighted by atomic mass is 10.1. The molecule has 0 aromatic heterocycles. The van der Waals surface area contributed by atoms with Gasteiger partial charge in [0.1, 0.15) is 16.5 Å². The van der Waals surface area contributed by atoms with Gasteiger partial charge in [0.15, 0.2) is 0 Å². The highest BCUT2D eigenvalue weighted by Crippen LogP contribution is 2.37. The third-order valence-corrected chi connectivity index (χ3v) is 7.05. The van der Waals surface area contributed by atoms with Crippen LogP contribution in [0, 0.1) is 5.82 Å². The van der Waals surface area contributed by atoms with Crippen LogP contribution in [0.4, 0.5) is 15.8 Å². The Bertz CT molecular complexity index is 1280. The number of ether oxygens (including phenoxy) is 1. The number of carbonyl (C=O) groups is 1. The number of fused-ring (bicyclic) bond motifs is 1. The van der Waals surface area contributed by atoms with Gasteiger partial charge in [0.05, 0.1) is 12.8 Å². The maximum absolute atomic E-state index is 13.4. The maximum atomic E-state index is 13.4. The van der Waals surface area contributed by atoms with Crippen molar-refractivity contribution in [3.8, 4) is 5.75 Å². The summed E-state index contributed by atoms with van der Waals surface area (Å²) in [5.41, 5.74) is 1.77. The molecule has 4 rings (SSSR count). The topological polar surface area (TPSA) is 75.7 Å². The largest absolute Gasteiger partial charge is 0.495 e. The summed E-state index contributed by atoms with van der Waals surface area (Å²) in [5, 5.41) is 2.88. The molecule has 6 nitrogen and oxygen atoms in total. The summed E-state index contributed by atoms with van der Waals surface area (Å²) in [6.07, 6.45) is 0.503. The van der Waals surface area contributed by atoms with Gasteiger partial charge < -0.3 is 10.1 Å². The van der Waals surface area contributed by atoms with E-state index in [1.807, 2.05) is 0 Å². The lowest BCUT2D eigenvalue weighted by Crippen LogP contribution is -2.29. The normalized spacial score (nSPS) is 13.1. The summed E-state index contributed by atoms with van der Waals surface area (Å²) < 4.78 is 46.6. The van der Waals surface area contributed by atoms with Crippen molar-refractivity contribution in [1.82, 2.24) is 0 Å². The van der Waals surface area contributed by atoms with Crippen molar-refractivity contribution in [3.05, 3.63) is 82.6 Å². The molecule has 9 heteroatoms. The van der Waals surface area contributed by atoms with Crippen LogP contribution in [0.15, 0.2) is 65.6 Å². The summed E-state index contributed by atoms with van der Waals surface area (Å²) in [7, 11) is -2.60. The molecule has 31 heavy (non-hydrogen) atoms. The molecule has 0 fully saturated rings. The third kappa shape index (κ3) is 4.08. The van der Waals surface area contributed by atoms with Gasteiger partial charge in [-0.3, -0.25) is 9.10 Å². The Labute approximate surface area is 184 Å². The van der Waals surface area contributed by atoms with E-state index in [0.29, 0.717) is 17.8 Å². The van der Waals surface area contributed by atoms with Crippen molar-refractivity contribution in [3.63, 3.8) is 0 Å². The van der Waals surface area contributed by atoms with Crippen LogP contribution in [0.1, 0.15) is 15.9 Å². The Hall–Kier alpha value is -3.10. The molecule has 3 aromatic rings. The van der Waals surface area contributed by atoms with Crippen molar-refractivity contribution in [2.45, 2.75) is 11.3 Å². The Morgan fingerprint density at radius 3 is 2.68 bits per heavy atom. The van der Waals surface area contributed by atoms with E-state index >= 15 is 0 Å². The number of nitrogens with zero attached hydrogens (tertiary/aromatic N) is 1. The molecule has 1 amide bonds. The second-order valence-corrected chi connectivity index (χ2v) is 9.20. The molecule has 0 saturated carbocycles. The smallest absolute Gasteiger partial charge is 0.268 e. The molecule has 1 N–H and O–H groups in total. The van der Waals surface area contributed by atoms with Gasteiger partial charge >= 0.3 is 0 Å². The number of nitrogens with one attached hydrogen (secondary N) is 1. The van der Waals surface area contributed by atoms with E-state index in [4.69, 9.17) is 16.3 Å². The van der Waals surface area contributed by atoms with Gasteiger partial charge in [-0.15, -0.1) is 0 Å². The fraction of sp³-hybridized carbons (Fsp3) is 0.136. The molecule has 0 spiro atoms. The quantitative estimate of drug-likeness (QED) is 0.608. The van der Waals surface area contributed by atoms with Crippen LogP contribution in [0.3, 0.4) is 0 Å². The lowest BCUT2D eigenvalue weighted by molar-refractivity contribution is 0.102. The zero-order chi connectivity index (χ0) is 22.2. The van der Waals surface area contributed by atoms with E-state index in [-0.39, 0.29) is 27.8 Å². The monoisotopic (exact) mass is 460 g/mol. The predicted octanol–water partition coefficient (Wildman–Crippen LogP) is 4.49. The van der Waals surface area contributed by atoms with Crippen LogP contribution < -0.4 is 14.4 Å². The molecule has 0 radical (unpaired) electrons. The van der Waals surface area contributed by atoms with Crippen LogP contribution >= 0.6 is 11.6 Å². The number of methoxy groups -OCH3 is 1. The van der Waals surface area contributed by atoms with E-state index in [2.05, 4.69) is 5.32 Å². The molecule has 0 unspecified atom stereocenters. The van der Waals surface area contributed by atoms with Crippen LogP contribution in [-0.2, 0) is 16.4 Å². The van der Waals surface area contributed by atoms with E-state index in [1.54, 1.807) is 24.3 Å². The summed E-state index contributed by atoms with van der Waals surface area (Å²) >= 11 is 6.02. The van der Waals surface area contributed by atoms with Crippen molar-refractivity contribution in [2.24, 2.45) is 0 Å². The minimum Gasteiger partial charge on any atom is -0.495 e. The average molecular weight is 461 g/mol. The minimum atomic E-state index is -3.98. The fourth-order valence-corrected chi connectivity index (χ4v) is 5.40. The van der Waals surface area contributed by atoms with Crippen molar-refractivity contribution >= 4 is 38.9 Å². The predicted molar refractivity (Wildman–Crippen MR) is 117 cm³/mol. The third-order valence-electron chi connectivity index (χ3n) is 4.98. The molecule has 160 valence electrons. The molecule has 0 bridgehead atoms. The molecule has 0 saturated heterocycles. The second-order valence-electron chi connectivity index (χ2n) is 6.93. The number of anilines is 2. The van der Waals surface area contributed by atoms with Crippen molar-refractivity contribution < 1.29 is 22.3 Å². The molecule has 1 heterocycles. The van der Waals surface area contributed by atoms with Gasteiger partial charge in [0, 0.05) is 22.8 Å². The standard InChI is InChI=1S/C22H18ClFN2O4S/c1-30-20-8-7-16(23)12-21(20)31(28,29)26-10-9-14-5-6-15(11-19(14)26)22(27)25-18-4-2-3-17(24)13-18/h2-8,11-13H,9-10H2,1H3,(H,25,27). The molecular weight excluding hydrogens is 443 g/mol. The van der Waals surface area contributed by atoms with Crippen LogP contribution in [0.5, 0.6) is 5.75 Å². The van der Waals surface area contributed by atoms with E-state index in [0.717, 1.165) is 5.56 Å². The summed E-state index contributed by atoms with van der Waals surface area (Å²) in [6.45, 7) is 0.225. The minimum absolute atomic E-state index is 0.0510. The molecule has 1 aliphatic rings. The average Bonchev–Trinajstić information content (AvgIpc) is 3.18. The van der Waals surface area contributed by atoms with Gasteiger partial charge in [-0.05, 0) is 60.5 Å². The number of hydrogen-bond acceptors (Lipinski definition) is 4. The Balaban J connectivity index is 1.68. The highest BCUT2D eigenvalue weighted by Gasteiger charge is 2.33.